The molecule has 3 atom stereocenters. The van der Waals surface area contributed by atoms with Gasteiger partial charge < -0.3 is 15.5 Å². The SMILES string of the molecule is O=C(CNC(=O)c1cccc(C(F)(F)F)c1)NC1CC[C@H](N2CCCCC2)[C@H](CS(=O)(=O)c2ccccc2)C1. The lowest BCUT2D eigenvalue weighted by Gasteiger charge is -2.44. The Morgan fingerprint density at radius 3 is 2.36 bits per heavy atom. The first kappa shape index (κ1) is 29.1. The highest BCUT2D eigenvalue weighted by atomic mass is 32.2. The van der Waals surface area contributed by atoms with Crippen molar-refractivity contribution in [1.82, 2.24) is 15.5 Å². The van der Waals surface area contributed by atoms with E-state index in [4.69, 9.17) is 0 Å². The number of amides is 2. The van der Waals surface area contributed by atoms with Gasteiger partial charge in [0.1, 0.15) is 0 Å². The van der Waals surface area contributed by atoms with Crippen molar-refractivity contribution in [2.75, 3.05) is 25.4 Å². The Morgan fingerprint density at radius 1 is 0.949 bits per heavy atom. The number of sulfone groups is 1. The van der Waals surface area contributed by atoms with Gasteiger partial charge in [0.2, 0.25) is 5.91 Å². The topological polar surface area (TPSA) is 95.6 Å². The van der Waals surface area contributed by atoms with Gasteiger partial charge in [0.25, 0.3) is 5.91 Å². The monoisotopic (exact) mass is 565 g/mol. The van der Waals surface area contributed by atoms with Crippen molar-refractivity contribution in [3.05, 3.63) is 65.7 Å². The van der Waals surface area contributed by atoms with Crippen LogP contribution in [0.5, 0.6) is 0 Å². The first-order chi connectivity index (χ1) is 18.5. The van der Waals surface area contributed by atoms with Crippen LogP contribution in [0.3, 0.4) is 0 Å². The number of carbonyl (C=O) groups is 2. The molecule has 2 aromatic rings. The van der Waals surface area contributed by atoms with Crippen molar-refractivity contribution in [3.8, 4) is 0 Å². The lowest BCUT2D eigenvalue weighted by molar-refractivity contribution is -0.137. The summed E-state index contributed by atoms with van der Waals surface area (Å²) in [6.07, 6.45) is 0.667. The van der Waals surface area contributed by atoms with E-state index in [2.05, 4.69) is 15.5 Å². The molecule has 1 heterocycles. The van der Waals surface area contributed by atoms with Crippen LogP contribution in [0.2, 0.25) is 0 Å². The van der Waals surface area contributed by atoms with Crippen molar-refractivity contribution in [1.29, 1.82) is 0 Å². The predicted molar refractivity (Wildman–Crippen MR) is 141 cm³/mol. The summed E-state index contributed by atoms with van der Waals surface area (Å²) in [5.74, 6) is -1.44. The summed E-state index contributed by atoms with van der Waals surface area (Å²) in [5, 5.41) is 5.27. The number of likely N-dealkylation sites (tertiary alicyclic amines) is 1. The molecule has 2 amide bonds. The zero-order chi connectivity index (χ0) is 28.0. The Hall–Kier alpha value is -2.92. The molecule has 2 fully saturated rings. The number of nitrogens with one attached hydrogen (secondary N) is 2. The number of nitrogens with zero attached hydrogens (tertiary/aromatic N) is 1. The van der Waals surface area contributed by atoms with E-state index in [0.29, 0.717) is 12.8 Å². The quantitative estimate of drug-likeness (QED) is 0.504. The summed E-state index contributed by atoms with van der Waals surface area (Å²) in [4.78, 5) is 27.7. The van der Waals surface area contributed by atoms with E-state index in [1.165, 1.54) is 12.5 Å². The Kier molecular flexibility index (Phi) is 9.32. The predicted octanol–water partition coefficient (Wildman–Crippen LogP) is 4.05. The molecule has 0 radical (unpaired) electrons. The molecule has 1 saturated carbocycles. The highest BCUT2D eigenvalue weighted by Gasteiger charge is 2.38. The minimum absolute atomic E-state index is 0.0170. The van der Waals surface area contributed by atoms with Gasteiger partial charge in [-0.3, -0.25) is 9.59 Å². The molecule has 2 aromatic carbocycles. The van der Waals surface area contributed by atoms with E-state index >= 15 is 0 Å². The van der Waals surface area contributed by atoms with E-state index in [9.17, 15) is 31.2 Å². The highest BCUT2D eigenvalue weighted by Crippen LogP contribution is 2.33. The molecule has 11 heteroatoms. The number of benzene rings is 2. The van der Waals surface area contributed by atoms with Crippen LogP contribution in [0.4, 0.5) is 13.2 Å². The lowest BCUT2D eigenvalue weighted by atomic mass is 9.81. The highest BCUT2D eigenvalue weighted by molar-refractivity contribution is 7.91. The second kappa shape index (κ2) is 12.5. The number of hydrogen-bond donors (Lipinski definition) is 2. The summed E-state index contributed by atoms with van der Waals surface area (Å²) < 4.78 is 65.3. The van der Waals surface area contributed by atoms with Gasteiger partial charge in [0, 0.05) is 17.6 Å². The van der Waals surface area contributed by atoms with E-state index in [-0.39, 0.29) is 34.2 Å². The zero-order valence-corrected chi connectivity index (χ0v) is 22.4. The lowest BCUT2D eigenvalue weighted by Crippen LogP contribution is -2.52. The molecule has 2 N–H and O–H groups in total. The number of piperidine rings is 1. The molecule has 2 aliphatic rings. The van der Waals surface area contributed by atoms with Gasteiger partial charge in [-0.25, -0.2) is 8.42 Å². The second-order valence-electron chi connectivity index (χ2n) is 10.4. The minimum Gasteiger partial charge on any atom is -0.352 e. The maximum atomic E-state index is 13.2. The Balaban J connectivity index is 1.37. The third kappa shape index (κ3) is 7.82. The van der Waals surface area contributed by atoms with Crippen molar-refractivity contribution in [2.45, 2.75) is 61.7 Å². The molecule has 0 spiro atoms. The molecule has 1 aliphatic heterocycles. The van der Waals surface area contributed by atoms with Crippen LogP contribution in [-0.4, -0.2) is 62.6 Å². The third-order valence-electron chi connectivity index (χ3n) is 7.56. The smallest absolute Gasteiger partial charge is 0.352 e. The fraction of sp³-hybridized carbons (Fsp3) is 0.500. The van der Waals surface area contributed by atoms with Gasteiger partial charge in [-0.1, -0.05) is 30.7 Å². The minimum atomic E-state index is -4.58. The summed E-state index contributed by atoms with van der Waals surface area (Å²) in [6.45, 7) is 1.48. The number of hydrogen-bond acceptors (Lipinski definition) is 5. The van der Waals surface area contributed by atoms with E-state index in [0.717, 1.165) is 50.6 Å². The van der Waals surface area contributed by atoms with Gasteiger partial charge in [-0.2, -0.15) is 13.2 Å². The molecule has 4 rings (SSSR count). The van der Waals surface area contributed by atoms with Gasteiger partial charge in [-0.15, -0.1) is 0 Å². The number of alkyl halides is 3. The maximum absolute atomic E-state index is 13.2. The fourth-order valence-corrected chi connectivity index (χ4v) is 7.36. The van der Waals surface area contributed by atoms with Crippen LogP contribution in [-0.2, 0) is 20.8 Å². The first-order valence-corrected chi connectivity index (χ1v) is 14.9. The zero-order valence-electron chi connectivity index (χ0n) is 21.6. The van der Waals surface area contributed by atoms with Crippen molar-refractivity contribution < 1.29 is 31.2 Å². The van der Waals surface area contributed by atoms with Gasteiger partial charge in [-0.05, 0) is 81.4 Å². The van der Waals surface area contributed by atoms with E-state index in [1.807, 2.05) is 0 Å². The van der Waals surface area contributed by atoms with Crippen LogP contribution < -0.4 is 10.6 Å². The molecular weight excluding hydrogens is 531 g/mol. The molecule has 1 saturated heterocycles. The number of carbonyl (C=O) groups excluding carboxylic acids is 2. The van der Waals surface area contributed by atoms with Crippen LogP contribution >= 0.6 is 0 Å². The van der Waals surface area contributed by atoms with Crippen LogP contribution in [0, 0.1) is 5.92 Å². The molecule has 1 aliphatic carbocycles. The normalized spacial score (nSPS) is 22.7. The van der Waals surface area contributed by atoms with E-state index < -0.39 is 39.9 Å². The standard InChI is InChI=1S/C28H34F3N3O4S/c29-28(30,31)22-9-7-8-20(16-22)27(36)32-18-26(35)33-23-12-13-25(34-14-5-2-6-15-34)21(17-23)19-39(37,38)24-10-3-1-4-11-24/h1,3-4,7-11,16,21,23,25H,2,5-6,12-15,17-19H2,(H,32,36)(H,33,35)/t21-,23?,25-/m0/s1. The summed E-state index contributed by atoms with van der Waals surface area (Å²) in [7, 11) is -3.53. The Morgan fingerprint density at radius 2 is 1.67 bits per heavy atom. The molecule has 7 nitrogen and oxygen atoms in total. The Bertz CT molecular complexity index is 1250. The molecule has 0 aromatic heterocycles. The van der Waals surface area contributed by atoms with Crippen LogP contribution in [0.25, 0.3) is 0 Å². The molecular formula is C28H34F3N3O4S. The largest absolute Gasteiger partial charge is 0.416 e. The number of halogens is 3. The summed E-state index contributed by atoms with van der Waals surface area (Å²) in [5.41, 5.74) is -1.13. The summed E-state index contributed by atoms with van der Waals surface area (Å²) >= 11 is 0. The van der Waals surface area contributed by atoms with Gasteiger partial charge in [0.15, 0.2) is 9.84 Å². The molecule has 0 bridgehead atoms. The maximum Gasteiger partial charge on any atom is 0.416 e. The van der Waals surface area contributed by atoms with Gasteiger partial charge in [0.05, 0.1) is 22.8 Å². The van der Waals surface area contributed by atoms with Crippen LogP contribution in [0.15, 0.2) is 59.5 Å². The third-order valence-corrected chi connectivity index (χ3v) is 9.42. The molecule has 1 unspecified atom stereocenters. The Labute approximate surface area is 227 Å². The second-order valence-corrected chi connectivity index (χ2v) is 12.4. The van der Waals surface area contributed by atoms with Crippen molar-refractivity contribution >= 4 is 21.7 Å². The fourth-order valence-electron chi connectivity index (χ4n) is 5.67. The van der Waals surface area contributed by atoms with E-state index in [1.54, 1.807) is 30.3 Å². The molecule has 39 heavy (non-hydrogen) atoms. The van der Waals surface area contributed by atoms with Crippen molar-refractivity contribution in [3.63, 3.8) is 0 Å². The average molecular weight is 566 g/mol. The van der Waals surface area contributed by atoms with Crippen LogP contribution in [0.1, 0.15) is 54.4 Å². The van der Waals surface area contributed by atoms with Crippen molar-refractivity contribution in [2.24, 2.45) is 5.92 Å². The average Bonchev–Trinajstić information content (AvgIpc) is 2.92. The molecule has 212 valence electrons. The van der Waals surface area contributed by atoms with Gasteiger partial charge >= 0.3 is 6.18 Å². The first-order valence-electron chi connectivity index (χ1n) is 13.3. The summed E-state index contributed by atoms with van der Waals surface area (Å²) in [6, 6.07) is 12.2. The number of rotatable bonds is 8.